The van der Waals surface area contributed by atoms with Crippen LogP contribution in [0.2, 0.25) is 0 Å². The number of H-pyrrole nitrogens is 2. The smallest absolute Gasteiger partial charge is 0.325 e. The van der Waals surface area contributed by atoms with E-state index in [1.54, 1.807) is 0 Å². The fraction of sp³-hybridized carbons (Fsp3) is 0.556. The molecule has 1 aromatic heterocycles. The van der Waals surface area contributed by atoms with Crippen molar-refractivity contribution in [3.63, 3.8) is 0 Å². The van der Waals surface area contributed by atoms with Gasteiger partial charge in [0, 0.05) is 12.6 Å². The minimum atomic E-state index is -0.804. The van der Waals surface area contributed by atoms with E-state index in [1.165, 1.54) is 6.20 Å². The number of aliphatic hydroxyl groups is 2. The number of ether oxygens (including phenoxy) is 1. The highest BCUT2D eigenvalue weighted by molar-refractivity contribution is 5.10. The Kier molecular flexibility index (Phi) is 2.90. The first-order valence-electron chi connectivity index (χ1n) is 4.88. The van der Waals surface area contributed by atoms with Gasteiger partial charge in [-0.05, 0) is 0 Å². The van der Waals surface area contributed by atoms with Gasteiger partial charge in [-0.15, -0.1) is 0 Å². The van der Waals surface area contributed by atoms with Crippen LogP contribution >= 0.6 is 0 Å². The Labute approximate surface area is 89.7 Å². The van der Waals surface area contributed by atoms with Crippen LogP contribution in [0.5, 0.6) is 0 Å². The summed E-state index contributed by atoms with van der Waals surface area (Å²) < 4.78 is 5.29. The Morgan fingerprint density at radius 3 is 2.81 bits per heavy atom. The van der Waals surface area contributed by atoms with Crippen LogP contribution in [0.1, 0.15) is 18.1 Å². The third kappa shape index (κ3) is 1.92. The van der Waals surface area contributed by atoms with Crippen LogP contribution in [-0.4, -0.2) is 39.0 Å². The summed E-state index contributed by atoms with van der Waals surface area (Å²) in [5, 5.41) is 18.4. The molecule has 3 atom stereocenters. The summed E-state index contributed by atoms with van der Waals surface area (Å²) in [7, 11) is 0. The molecular formula is C9H12N2O5. The van der Waals surface area contributed by atoms with Crippen molar-refractivity contribution in [3.8, 4) is 0 Å². The Morgan fingerprint density at radius 2 is 2.25 bits per heavy atom. The van der Waals surface area contributed by atoms with Crippen LogP contribution in [0.25, 0.3) is 0 Å². The second-order valence-corrected chi connectivity index (χ2v) is 3.68. The summed E-state index contributed by atoms with van der Waals surface area (Å²) in [5.74, 6) is 0. The van der Waals surface area contributed by atoms with Crippen molar-refractivity contribution in [2.24, 2.45) is 0 Å². The molecule has 0 radical (unpaired) electrons. The van der Waals surface area contributed by atoms with Crippen LogP contribution < -0.4 is 11.2 Å². The summed E-state index contributed by atoms with van der Waals surface area (Å²) in [6.07, 6.45) is -0.607. The normalized spacial score (nSPS) is 29.5. The number of aromatic nitrogens is 2. The van der Waals surface area contributed by atoms with E-state index in [4.69, 9.17) is 9.84 Å². The zero-order valence-electron chi connectivity index (χ0n) is 8.34. The maximum absolute atomic E-state index is 11.4. The Hall–Kier alpha value is -1.44. The quantitative estimate of drug-likeness (QED) is 0.479. The van der Waals surface area contributed by atoms with E-state index < -0.39 is 29.6 Å². The molecule has 0 spiro atoms. The first kappa shape index (κ1) is 11.1. The molecule has 1 aliphatic heterocycles. The fourth-order valence-corrected chi connectivity index (χ4v) is 1.75. The maximum atomic E-state index is 11.4. The predicted octanol–water partition coefficient (Wildman–Crippen LogP) is -1.75. The lowest BCUT2D eigenvalue weighted by molar-refractivity contribution is -0.0229. The van der Waals surface area contributed by atoms with Gasteiger partial charge in [-0.1, -0.05) is 0 Å². The molecule has 2 heterocycles. The van der Waals surface area contributed by atoms with Gasteiger partial charge in [0.1, 0.15) is 6.10 Å². The second kappa shape index (κ2) is 4.20. The molecule has 1 saturated heterocycles. The number of hydrogen-bond donors (Lipinski definition) is 4. The lowest BCUT2D eigenvalue weighted by Crippen LogP contribution is -2.26. The number of aromatic amines is 2. The minimum Gasteiger partial charge on any atom is -0.394 e. The summed E-state index contributed by atoms with van der Waals surface area (Å²) >= 11 is 0. The molecule has 0 aliphatic carbocycles. The van der Waals surface area contributed by atoms with Gasteiger partial charge in [-0.25, -0.2) is 4.79 Å². The van der Waals surface area contributed by atoms with Gasteiger partial charge in [0.15, 0.2) is 0 Å². The lowest BCUT2D eigenvalue weighted by atomic mass is 10.1. The third-order valence-corrected chi connectivity index (χ3v) is 2.60. The third-order valence-electron chi connectivity index (χ3n) is 2.60. The Balaban J connectivity index is 2.27. The summed E-state index contributed by atoms with van der Waals surface area (Å²) in [6.45, 7) is -0.307. The number of nitrogens with one attached hydrogen (secondary N) is 2. The standard InChI is InChI=1S/C9H12N2O5/c12-3-7-5(13)1-6(16-7)4-2-10-9(15)11-8(4)14/h2,5-7,12-13H,1,3H2,(H2,10,11,14,15)/t5-,6+,7+/m0/s1. The van der Waals surface area contributed by atoms with Crippen molar-refractivity contribution in [2.45, 2.75) is 24.7 Å². The number of rotatable bonds is 2. The summed E-state index contributed by atoms with van der Waals surface area (Å²) in [6, 6.07) is 0. The van der Waals surface area contributed by atoms with Gasteiger partial charge >= 0.3 is 5.69 Å². The van der Waals surface area contributed by atoms with Crippen LogP contribution in [0.15, 0.2) is 15.8 Å². The van der Waals surface area contributed by atoms with Gasteiger partial charge in [0.25, 0.3) is 5.56 Å². The first-order chi connectivity index (χ1) is 7.61. The molecule has 1 fully saturated rings. The van der Waals surface area contributed by atoms with Crippen molar-refractivity contribution in [2.75, 3.05) is 6.61 Å². The van der Waals surface area contributed by atoms with E-state index in [-0.39, 0.29) is 18.6 Å². The molecule has 7 nitrogen and oxygen atoms in total. The highest BCUT2D eigenvalue weighted by atomic mass is 16.5. The summed E-state index contributed by atoms with van der Waals surface area (Å²) in [4.78, 5) is 26.6. The zero-order valence-corrected chi connectivity index (χ0v) is 8.34. The molecule has 1 aromatic rings. The van der Waals surface area contributed by atoms with E-state index in [9.17, 15) is 14.7 Å². The molecule has 0 bridgehead atoms. The molecule has 0 saturated carbocycles. The monoisotopic (exact) mass is 228 g/mol. The van der Waals surface area contributed by atoms with Crippen molar-refractivity contribution >= 4 is 0 Å². The topological polar surface area (TPSA) is 115 Å². The highest BCUT2D eigenvalue weighted by Crippen LogP contribution is 2.30. The number of aliphatic hydroxyl groups excluding tert-OH is 2. The lowest BCUT2D eigenvalue weighted by Gasteiger charge is -2.10. The fourth-order valence-electron chi connectivity index (χ4n) is 1.75. The van der Waals surface area contributed by atoms with Crippen LogP contribution in [0, 0.1) is 0 Å². The molecule has 88 valence electrons. The van der Waals surface area contributed by atoms with Crippen molar-refractivity contribution in [1.82, 2.24) is 9.97 Å². The second-order valence-electron chi connectivity index (χ2n) is 3.68. The van der Waals surface area contributed by atoms with E-state index >= 15 is 0 Å². The van der Waals surface area contributed by atoms with Gasteiger partial charge in [0.2, 0.25) is 0 Å². The molecule has 0 aromatic carbocycles. The van der Waals surface area contributed by atoms with Crippen LogP contribution in [0.4, 0.5) is 0 Å². The first-order valence-corrected chi connectivity index (χ1v) is 4.88. The van der Waals surface area contributed by atoms with E-state index in [2.05, 4.69) is 9.97 Å². The van der Waals surface area contributed by atoms with E-state index in [0.717, 1.165) is 0 Å². The van der Waals surface area contributed by atoms with Gasteiger partial charge in [0.05, 0.1) is 24.4 Å². The van der Waals surface area contributed by atoms with Crippen molar-refractivity contribution in [3.05, 3.63) is 32.6 Å². The van der Waals surface area contributed by atoms with Crippen molar-refractivity contribution in [1.29, 1.82) is 0 Å². The summed E-state index contributed by atoms with van der Waals surface area (Å²) in [5.41, 5.74) is -0.889. The maximum Gasteiger partial charge on any atom is 0.325 e. The minimum absolute atomic E-state index is 0.223. The van der Waals surface area contributed by atoms with E-state index in [0.29, 0.717) is 0 Å². The van der Waals surface area contributed by atoms with Crippen LogP contribution in [-0.2, 0) is 4.74 Å². The molecule has 2 rings (SSSR count). The Bertz CT molecular complexity index is 479. The van der Waals surface area contributed by atoms with Gasteiger partial charge in [-0.2, -0.15) is 0 Å². The molecule has 0 amide bonds. The van der Waals surface area contributed by atoms with Crippen molar-refractivity contribution < 1.29 is 14.9 Å². The number of hydrogen-bond acceptors (Lipinski definition) is 5. The zero-order chi connectivity index (χ0) is 11.7. The molecule has 7 heteroatoms. The van der Waals surface area contributed by atoms with Gasteiger partial charge in [-0.3, -0.25) is 9.78 Å². The molecule has 1 aliphatic rings. The molecule has 0 unspecified atom stereocenters. The molecule has 16 heavy (non-hydrogen) atoms. The average Bonchev–Trinajstić information content (AvgIpc) is 2.59. The van der Waals surface area contributed by atoms with Gasteiger partial charge < -0.3 is 19.9 Å². The SMILES string of the molecule is O=c1[nH]cc([C@H]2C[C@H](O)[C@@H](CO)O2)c(=O)[nH]1. The largest absolute Gasteiger partial charge is 0.394 e. The Morgan fingerprint density at radius 1 is 1.50 bits per heavy atom. The molecule has 4 N–H and O–H groups in total. The van der Waals surface area contributed by atoms with E-state index in [1.807, 2.05) is 0 Å². The average molecular weight is 228 g/mol. The predicted molar refractivity (Wildman–Crippen MR) is 53.0 cm³/mol. The highest BCUT2D eigenvalue weighted by Gasteiger charge is 2.35. The van der Waals surface area contributed by atoms with Crippen LogP contribution in [0.3, 0.4) is 0 Å². The molecular weight excluding hydrogens is 216 g/mol.